The van der Waals surface area contributed by atoms with Gasteiger partial charge >= 0.3 is 0 Å². The van der Waals surface area contributed by atoms with Crippen molar-refractivity contribution < 1.29 is 19.7 Å². The molecule has 3 saturated carbocycles. The number of Topliss-reactive ketones (excluding diaryl/α,β-unsaturated/α-hetero) is 1. The molecular formula is C27H41NO4. The summed E-state index contributed by atoms with van der Waals surface area (Å²) in [4.78, 5) is 13.2. The average molecular weight is 444 g/mol. The maximum Gasteiger partial charge on any atom is 0.136 e. The standard InChI is InChI=1S/C27H41NO4/c1-13-9-21-24(28-12-13)15(3)27(32-21)8-6-17-18-11-20(30)19-10-16(29)5-7-26(19,4)23(18)25(31)22(17)14(27)2/h13,15-19,21,23-25,28-29,31H,5-12H2,1-4H3/t13-,15-,16+,17+,18+,19-,21-,23-,24+,25-,26-,27+/m1/s1. The molecule has 4 aliphatic carbocycles. The lowest BCUT2D eigenvalue weighted by Crippen LogP contribution is -2.53. The van der Waals surface area contributed by atoms with Crippen LogP contribution in [-0.4, -0.2) is 52.5 Å². The van der Waals surface area contributed by atoms with Gasteiger partial charge in [-0.3, -0.25) is 4.79 Å². The highest BCUT2D eigenvalue weighted by atomic mass is 16.5. The van der Waals surface area contributed by atoms with Crippen LogP contribution in [0.1, 0.15) is 72.6 Å². The van der Waals surface area contributed by atoms with E-state index in [0.717, 1.165) is 38.6 Å². The number of nitrogens with one attached hydrogen (secondary N) is 1. The van der Waals surface area contributed by atoms with Gasteiger partial charge in [0.15, 0.2) is 0 Å². The molecule has 2 aliphatic heterocycles. The summed E-state index contributed by atoms with van der Waals surface area (Å²) in [5.74, 6) is 1.92. The fourth-order valence-corrected chi connectivity index (χ4v) is 9.60. The lowest BCUT2D eigenvalue weighted by Gasteiger charge is -2.53. The van der Waals surface area contributed by atoms with Crippen LogP contribution in [0.4, 0.5) is 0 Å². The molecule has 1 spiro atoms. The van der Waals surface area contributed by atoms with Gasteiger partial charge in [0.1, 0.15) is 5.78 Å². The Morgan fingerprint density at radius 3 is 2.69 bits per heavy atom. The van der Waals surface area contributed by atoms with Crippen LogP contribution in [0.5, 0.6) is 0 Å². The zero-order valence-electron chi connectivity index (χ0n) is 20.1. The molecule has 0 aromatic carbocycles. The number of ketones is 1. The van der Waals surface area contributed by atoms with Gasteiger partial charge < -0.3 is 20.3 Å². The summed E-state index contributed by atoms with van der Waals surface area (Å²) in [7, 11) is 0. The second-order valence-corrected chi connectivity index (χ2v) is 12.6. The molecule has 6 aliphatic rings. The number of aliphatic hydroxyl groups excluding tert-OH is 2. The molecule has 2 saturated heterocycles. The molecule has 5 heteroatoms. The third kappa shape index (κ3) is 2.68. The van der Waals surface area contributed by atoms with Crippen molar-refractivity contribution in [1.82, 2.24) is 5.32 Å². The number of hydrogen-bond donors (Lipinski definition) is 3. The Morgan fingerprint density at radius 1 is 1.12 bits per heavy atom. The number of aliphatic hydroxyl groups is 2. The third-order valence-corrected chi connectivity index (χ3v) is 11.2. The minimum Gasteiger partial charge on any atom is -0.393 e. The van der Waals surface area contributed by atoms with Gasteiger partial charge in [0, 0.05) is 24.3 Å². The fraction of sp³-hybridized carbons (Fsp3) is 0.889. The molecule has 5 nitrogen and oxygen atoms in total. The second kappa shape index (κ2) is 7.13. The molecule has 6 rings (SSSR count). The molecule has 0 radical (unpaired) electrons. The topological polar surface area (TPSA) is 78.8 Å². The number of fused-ring (bicyclic) bond motifs is 6. The van der Waals surface area contributed by atoms with E-state index >= 15 is 0 Å². The molecule has 0 aromatic heterocycles. The summed E-state index contributed by atoms with van der Waals surface area (Å²) >= 11 is 0. The molecule has 0 bridgehead atoms. The van der Waals surface area contributed by atoms with Crippen molar-refractivity contribution in [2.45, 2.75) is 103 Å². The largest absolute Gasteiger partial charge is 0.393 e. The van der Waals surface area contributed by atoms with Gasteiger partial charge in [-0.15, -0.1) is 0 Å². The monoisotopic (exact) mass is 443 g/mol. The molecule has 0 amide bonds. The number of rotatable bonds is 0. The molecule has 32 heavy (non-hydrogen) atoms. The average Bonchev–Trinajstić information content (AvgIpc) is 3.19. The van der Waals surface area contributed by atoms with Crippen molar-refractivity contribution in [1.29, 1.82) is 0 Å². The van der Waals surface area contributed by atoms with E-state index in [1.807, 2.05) is 0 Å². The summed E-state index contributed by atoms with van der Waals surface area (Å²) in [5, 5.41) is 25.9. The molecule has 3 N–H and O–H groups in total. The van der Waals surface area contributed by atoms with Gasteiger partial charge in [-0.05, 0) is 92.2 Å². The van der Waals surface area contributed by atoms with Crippen molar-refractivity contribution in [3.05, 3.63) is 11.1 Å². The van der Waals surface area contributed by atoms with Crippen LogP contribution >= 0.6 is 0 Å². The molecule has 178 valence electrons. The van der Waals surface area contributed by atoms with E-state index in [1.165, 1.54) is 11.1 Å². The second-order valence-electron chi connectivity index (χ2n) is 12.6. The predicted molar refractivity (Wildman–Crippen MR) is 122 cm³/mol. The van der Waals surface area contributed by atoms with Crippen molar-refractivity contribution >= 4 is 5.78 Å². The van der Waals surface area contributed by atoms with Crippen LogP contribution in [0.25, 0.3) is 0 Å². The van der Waals surface area contributed by atoms with E-state index < -0.39 is 6.10 Å². The van der Waals surface area contributed by atoms with Crippen LogP contribution in [0.3, 0.4) is 0 Å². The van der Waals surface area contributed by atoms with Crippen molar-refractivity contribution in [2.24, 2.45) is 40.9 Å². The first-order valence-electron chi connectivity index (χ1n) is 13.2. The molecule has 0 unspecified atom stereocenters. The van der Waals surface area contributed by atoms with Gasteiger partial charge in [0.25, 0.3) is 0 Å². The van der Waals surface area contributed by atoms with Crippen molar-refractivity contribution in [2.75, 3.05) is 6.54 Å². The Bertz CT molecular complexity index is 855. The summed E-state index contributed by atoms with van der Waals surface area (Å²) in [6, 6.07) is 0.391. The molecule has 2 heterocycles. The Kier molecular flexibility index (Phi) is 4.85. The van der Waals surface area contributed by atoms with Gasteiger partial charge in [0.2, 0.25) is 0 Å². The zero-order chi connectivity index (χ0) is 22.6. The van der Waals surface area contributed by atoms with Gasteiger partial charge in [-0.1, -0.05) is 20.8 Å². The highest BCUT2D eigenvalue weighted by Gasteiger charge is 2.65. The van der Waals surface area contributed by atoms with E-state index in [2.05, 4.69) is 33.0 Å². The fourth-order valence-electron chi connectivity index (χ4n) is 9.60. The summed E-state index contributed by atoms with van der Waals surface area (Å²) in [6.07, 6.45) is 5.26. The Balaban J connectivity index is 1.39. The SMILES string of the molecule is CC1=C2[C@@H](O)[C@H]3[C@@H](CC(=O)[C@H]4C[C@@H](O)CC[C@@]34C)[C@@H]2CC[C@]12O[C@@H]1C[C@@H](C)CN[C@H]1[C@H]2C. The quantitative estimate of drug-likeness (QED) is 0.501. The van der Waals surface area contributed by atoms with E-state index in [0.29, 0.717) is 42.4 Å². The molecule has 5 fully saturated rings. The lowest BCUT2D eigenvalue weighted by atomic mass is 9.51. The Hall–Kier alpha value is -0.750. The van der Waals surface area contributed by atoms with Crippen LogP contribution in [0.2, 0.25) is 0 Å². The van der Waals surface area contributed by atoms with E-state index in [9.17, 15) is 15.0 Å². The smallest absolute Gasteiger partial charge is 0.136 e. The van der Waals surface area contributed by atoms with Crippen LogP contribution in [-0.2, 0) is 9.53 Å². The Labute approximate surface area is 192 Å². The van der Waals surface area contributed by atoms with Gasteiger partial charge in [-0.2, -0.15) is 0 Å². The first-order valence-corrected chi connectivity index (χ1v) is 13.2. The maximum absolute atomic E-state index is 13.2. The van der Waals surface area contributed by atoms with E-state index in [1.54, 1.807) is 0 Å². The minimum absolute atomic E-state index is 0.104. The summed E-state index contributed by atoms with van der Waals surface area (Å²) < 4.78 is 6.93. The highest BCUT2D eigenvalue weighted by molar-refractivity contribution is 5.84. The van der Waals surface area contributed by atoms with Gasteiger partial charge in [-0.25, -0.2) is 0 Å². The first kappa shape index (κ1) is 21.8. The number of carbonyl (C=O) groups excluding carboxylic acids is 1. The lowest BCUT2D eigenvalue weighted by molar-refractivity contribution is -0.150. The summed E-state index contributed by atoms with van der Waals surface area (Å²) in [5.41, 5.74) is 2.00. The van der Waals surface area contributed by atoms with Crippen LogP contribution in [0.15, 0.2) is 11.1 Å². The minimum atomic E-state index is -0.483. The van der Waals surface area contributed by atoms with Gasteiger partial charge in [0.05, 0.1) is 23.9 Å². The first-order chi connectivity index (χ1) is 15.2. The number of hydrogen-bond acceptors (Lipinski definition) is 5. The molecule has 0 aromatic rings. The van der Waals surface area contributed by atoms with Crippen LogP contribution < -0.4 is 5.32 Å². The summed E-state index contributed by atoms with van der Waals surface area (Å²) in [6.45, 7) is 10.2. The molecular weight excluding hydrogens is 402 g/mol. The number of piperidine rings is 1. The van der Waals surface area contributed by atoms with E-state index in [-0.39, 0.29) is 41.0 Å². The Morgan fingerprint density at radius 2 is 1.91 bits per heavy atom. The zero-order valence-corrected chi connectivity index (χ0v) is 20.1. The van der Waals surface area contributed by atoms with E-state index in [4.69, 9.17) is 4.74 Å². The van der Waals surface area contributed by atoms with Crippen molar-refractivity contribution in [3.63, 3.8) is 0 Å². The molecule has 12 atom stereocenters. The maximum atomic E-state index is 13.2. The van der Waals surface area contributed by atoms with Crippen molar-refractivity contribution in [3.8, 4) is 0 Å². The predicted octanol–water partition coefficient (Wildman–Crippen LogP) is 3.23. The number of ether oxygens (including phenoxy) is 1. The third-order valence-electron chi connectivity index (χ3n) is 11.2. The normalized spacial score (nSPS) is 57.2. The van der Waals surface area contributed by atoms with Crippen LogP contribution in [0, 0.1) is 40.9 Å². The number of carbonyl (C=O) groups is 1. The highest BCUT2D eigenvalue weighted by Crippen LogP contribution is 2.65.